The maximum Gasteiger partial charge on any atom is 0.246 e. The molecule has 2 atom stereocenters. The monoisotopic (exact) mass is 544 g/mol. The fourth-order valence-electron chi connectivity index (χ4n) is 6.48. The van der Waals surface area contributed by atoms with Crippen LogP contribution < -0.4 is 5.32 Å². The van der Waals surface area contributed by atoms with Crippen LogP contribution in [0.1, 0.15) is 69.1 Å². The highest BCUT2D eigenvalue weighted by molar-refractivity contribution is 5.78. The molecule has 3 heterocycles. The van der Waals surface area contributed by atoms with Crippen molar-refractivity contribution in [3.63, 3.8) is 0 Å². The number of rotatable bonds is 7. The minimum Gasteiger partial charge on any atom is -0.443 e. The third kappa shape index (κ3) is 4.00. The predicted octanol–water partition coefficient (Wildman–Crippen LogP) is 5.38. The summed E-state index contributed by atoms with van der Waals surface area (Å²) in [7, 11) is 0. The van der Waals surface area contributed by atoms with Gasteiger partial charge in [-0.1, -0.05) is 33.8 Å². The van der Waals surface area contributed by atoms with Gasteiger partial charge < -0.3 is 9.73 Å². The van der Waals surface area contributed by atoms with Crippen LogP contribution in [0, 0.1) is 23.0 Å². The number of fused-ring (bicyclic) bond motifs is 5. The van der Waals surface area contributed by atoms with Gasteiger partial charge in [0.1, 0.15) is 23.6 Å². The van der Waals surface area contributed by atoms with Crippen LogP contribution in [-0.2, 0) is 16.6 Å². The highest BCUT2D eigenvalue weighted by atomic mass is 19.1. The second-order valence-electron chi connectivity index (χ2n) is 11.7. The lowest BCUT2D eigenvalue weighted by Crippen LogP contribution is -2.38. The lowest BCUT2D eigenvalue weighted by molar-refractivity contribution is -0.120. The molecular weight excluding hydrogens is 514 g/mol. The molecule has 4 aromatic rings. The molecule has 1 fully saturated rings. The van der Waals surface area contributed by atoms with E-state index in [1.807, 2.05) is 13.8 Å². The Morgan fingerprint density at radius 3 is 2.65 bits per heavy atom. The van der Waals surface area contributed by atoms with Crippen LogP contribution in [0.25, 0.3) is 22.8 Å². The molecule has 2 aliphatic rings. The van der Waals surface area contributed by atoms with Crippen LogP contribution in [0.4, 0.5) is 8.78 Å². The lowest BCUT2D eigenvalue weighted by Gasteiger charge is -2.37. The second-order valence-corrected chi connectivity index (χ2v) is 11.7. The van der Waals surface area contributed by atoms with E-state index in [0.717, 1.165) is 24.1 Å². The van der Waals surface area contributed by atoms with Crippen LogP contribution in [0.5, 0.6) is 0 Å². The Bertz CT molecular complexity index is 1600. The molecule has 0 spiro atoms. The van der Waals surface area contributed by atoms with E-state index in [2.05, 4.69) is 39.3 Å². The molecule has 3 aromatic heterocycles. The number of nitrogens with zero attached hydrogens (tertiary/aromatic N) is 5. The molecule has 1 amide bonds. The molecule has 0 radical (unpaired) electrons. The molecular formula is C30H30F2N6O2. The van der Waals surface area contributed by atoms with Gasteiger partial charge in [0.25, 0.3) is 0 Å². The molecule has 0 unspecified atom stereocenters. The molecule has 40 heavy (non-hydrogen) atoms. The highest BCUT2D eigenvalue weighted by Crippen LogP contribution is 2.69. The molecule has 1 saturated carbocycles. The lowest BCUT2D eigenvalue weighted by atomic mass is 9.66. The van der Waals surface area contributed by atoms with Gasteiger partial charge in [-0.25, -0.2) is 18.7 Å². The van der Waals surface area contributed by atoms with Crippen LogP contribution in [0.3, 0.4) is 0 Å². The number of hydrogen-bond donors (Lipinski definition) is 1. The summed E-state index contributed by atoms with van der Waals surface area (Å²) >= 11 is 0. The van der Waals surface area contributed by atoms with Gasteiger partial charge >= 0.3 is 0 Å². The average molecular weight is 545 g/mol. The van der Waals surface area contributed by atoms with Crippen LogP contribution in [0.2, 0.25) is 0 Å². The van der Waals surface area contributed by atoms with E-state index >= 15 is 0 Å². The molecule has 0 aliphatic heterocycles. The maximum absolute atomic E-state index is 14.6. The number of nitrogens with one attached hydrogen (secondary N) is 1. The Kier molecular flexibility index (Phi) is 6.23. The third-order valence-corrected chi connectivity index (χ3v) is 8.49. The highest BCUT2D eigenvalue weighted by Gasteiger charge is 2.65. The fraction of sp³-hybridized carbons (Fsp3) is 0.400. The summed E-state index contributed by atoms with van der Waals surface area (Å²) in [6.07, 6.45) is 6.54. The van der Waals surface area contributed by atoms with Gasteiger partial charge in [0, 0.05) is 12.7 Å². The van der Waals surface area contributed by atoms with E-state index in [1.54, 1.807) is 18.5 Å². The minimum absolute atomic E-state index is 0.106. The summed E-state index contributed by atoms with van der Waals surface area (Å²) in [5, 5.41) is 11.7. The van der Waals surface area contributed by atoms with Crippen molar-refractivity contribution < 1.29 is 18.0 Å². The number of hydrogen-bond acceptors (Lipinski definition) is 7. The normalized spacial score (nSPS) is 20.6. The molecule has 8 nitrogen and oxygen atoms in total. The van der Waals surface area contributed by atoms with E-state index in [-0.39, 0.29) is 40.8 Å². The molecule has 2 bridgehead atoms. The number of carbonyl (C=O) groups excluding carboxylic acids is 1. The molecule has 1 N–H and O–H groups in total. The first-order valence-electron chi connectivity index (χ1n) is 13.5. The standard InChI is InChI=1S/C30H30F2N6O2/c1-16(2)12-34-25(39)10-17-15-40-28(35-17)23-13-33-14-24(36-23)30-9-8-19(29(30,3)4)18-11-22(37-38-27(18)30)26-20(31)6-5-7-21(26)32/h5-7,11,13-16,19H,8-10,12H2,1-4H3,(H,34,39)/t19-,30-/m0/s1. The Hall–Kier alpha value is -4.08. The summed E-state index contributed by atoms with van der Waals surface area (Å²) in [4.78, 5) is 26.1. The first kappa shape index (κ1) is 26.2. The van der Waals surface area contributed by atoms with Crippen molar-refractivity contribution in [3.8, 4) is 22.8 Å². The van der Waals surface area contributed by atoms with E-state index in [9.17, 15) is 13.6 Å². The summed E-state index contributed by atoms with van der Waals surface area (Å²) in [6.45, 7) is 9.00. The smallest absolute Gasteiger partial charge is 0.246 e. The molecule has 6 rings (SSSR count). The molecule has 206 valence electrons. The number of halogens is 2. The van der Waals surface area contributed by atoms with Crippen molar-refractivity contribution in [1.82, 2.24) is 30.5 Å². The first-order chi connectivity index (χ1) is 19.1. The van der Waals surface area contributed by atoms with Crippen molar-refractivity contribution in [1.29, 1.82) is 0 Å². The summed E-state index contributed by atoms with van der Waals surface area (Å²) in [6, 6.07) is 5.55. The van der Waals surface area contributed by atoms with E-state index < -0.39 is 17.0 Å². The fourth-order valence-corrected chi connectivity index (χ4v) is 6.48. The van der Waals surface area contributed by atoms with Gasteiger partial charge in [-0.15, -0.1) is 5.10 Å². The van der Waals surface area contributed by atoms with Gasteiger partial charge in [-0.05, 0) is 53.9 Å². The van der Waals surface area contributed by atoms with E-state index in [0.29, 0.717) is 29.5 Å². The molecule has 0 saturated heterocycles. The van der Waals surface area contributed by atoms with Crippen molar-refractivity contribution >= 4 is 5.91 Å². The first-order valence-corrected chi connectivity index (χ1v) is 13.5. The van der Waals surface area contributed by atoms with Crippen molar-refractivity contribution in [2.45, 2.75) is 58.3 Å². The van der Waals surface area contributed by atoms with Crippen molar-refractivity contribution in [2.24, 2.45) is 11.3 Å². The van der Waals surface area contributed by atoms with Crippen molar-refractivity contribution in [3.05, 3.63) is 77.2 Å². The third-order valence-electron chi connectivity index (χ3n) is 8.49. The average Bonchev–Trinajstić information content (AvgIpc) is 3.55. The van der Waals surface area contributed by atoms with Gasteiger partial charge in [0.15, 0.2) is 0 Å². The van der Waals surface area contributed by atoms with Gasteiger partial charge in [0.2, 0.25) is 11.8 Å². The van der Waals surface area contributed by atoms with E-state index in [1.165, 1.54) is 24.5 Å². The van der Waals surface area contributed by atoms with Crippen LogP contribution >= 0.6 is 0 Å². The maximum atomic E-state index is 14.6. The number of aromatic nitrogens is 5. The summed E-state index contributed by atoms with van der Waals surface area (Å²) in [5.74, 6) is -0.734. The Balaban J connectivity index is 1.35. The van der Waals surface area contributed by atoms with Crippen molar-refractivity contribution in [2.75, 3.05) is 6.54 Å². The Morgan fingerprint density at radius 2 is 1.90 bits per heavy atom. The molecule has 1 aromatic carbocycles. The topological polar surface area (TPSA) is 107 Å². The van der Waals surface area contributed by atoms with Gasteiger partial charge in [-0.2, -0.15) is 5.10 Å². The Morgan fingerprint density at radius 1 is 1.12 bits per heavy atom. The SMILES string of the molecule is CC(C)CNC(=O)Cc1coc(-c2cncc([C@@]34CC[C@@H](c5cc(-c6c(F)cccc6F)nnc53)C4(C)C)n2)n1. The minimum atomic E-state index is -0.673. The Labute approximate surface area is 230 Å². The summed E-state index contributed by atoms with van der Waals surface area (Å²) in [5.41, 5.74) is 2.47. The molecule has 10 heteroatoms. The largest absolute Gasteiger partial charge is 0.443 e. The zero-order valence-electron chi connectivity index (χ0n) is 22.8. The predicted molar refractivity (Wildman–Crippen MR) is 143 cm³/mol. The quantitative estimate of drug-likeness (QED) is 0.333. The number of oxazole rings is 1. The van der Waals surface area contributed by atoms with Gasteiger partial charge in [-0.3, -0.25) is 9.78 Å². The summed E-state index contributed by atoms with van der Waals surface area (Å²) < 4.78 is 34.8. The van der Waals surface area contributed by atoms with E-state index in [4.69, 9.17) is 9.40 Å². The second kappa shape index (κ2) is 9.53. The number of carbonyl (C=O) groups is 1. The number of amides is 1. The van der Waals surface area contributed by atoms with Crippen LogP contribution in [0.15, 0.2) is 47.3 Å². The van der Waals surface area contributed by atoms with Gasteiger partial charge in [0.05, 0.1) is 46.4 Å². The van der Waals surface area contributed by atoms with Crippen LogP contribution in [-0.4, -0.2) is 37.6 Å². The number of benzene rings is 1. The zero-order valence-corrected chi connectivity index (χ0v) is 22.8. The molecule has 2 aliphatic carbocycles. The zero-order chi connectivity index (χ0) is 28.2.